The molecule has 0 atom stereocenters. The first kappa shape index (κ1) is 19.3. The Labute approximate surface area is 145 Å². The number of nitrogens with one attached hydrogen (secondary N) is 1. The van der Waals surface area contributed by atoms with Gasteiger partial charge in [-0.15, -0.1) is 0 Å². The van der Waals surface area contributed by atoms with Gasteiger partial charge in [-0.05, 0) is 11.6 Å². The zero-order valence-corrected chi connectivity index (χ0v) is 13.9. The molecule has 0 saturated carbocycles. The van der Waals surface area contributed by atoms with Gasteiger partial charge in [0.05, 0.1) is 12.0 Å². The third kappa shape index (κ3) is 6.09. The fourth-order valence-corrected chi connectivity index (χ4v) is 1.51. The van der Waals surface area contributed by atoms with Gasteiger partial charge in [0.25, 0.3) is 3.79 Å². The van der Waals surface area contributed by atoms with Crippen LogP contribution in [-0.4, -0.2) is 34.3 Å². The lowest BCUT2D eigenvalue weighted by Crippen LogP contribution is -2.20. The van der Waals surface area contributed by atoms with Crippen LogP contribution in [0.4, 0.5) is 5.69 Å². The van der Waals surface area contributed by atoms with Crippen LogP contribution in [0, 0.1) is 15.5 Å². The maximum absolute atomic E-state index is 11.0. The Morgan fingerprint density at radius 1 is 1.39 bits per heavy atom. The lowest BCUT2D eigenvalue weighted by atomic mass is 10.2. The van der Waals surface area contributed by atoms with E-state index in [1.165, 1.54) is 19.2 Å². The van der Waals surface area contributed by atoms with Crippen LogP contribution in [0.15, 0.2) is 18.2 Å². The molecule has 1 aromatic carbocycles. The molecule has 0 heterocycles. The summed E-state index contributed by atoms with van der Waals surface area (Å²) in [5, 5.41) is 18.4. The molecule has 126 valence electrons. The number of methoxy groups -OCH3 is 1. The second kappa shape index (κ2) is 8.19. The quantitative estimate of drug-likeness (QED) is 0.201. The molecule has 0 aliphatic carbocycles. The lowest BCUT2D eigenvalue weighted by Gasteiger charge is -2.14. The number of rotatable bonds is 6. The molecule has 0 spiro atoms. The zero-order valence-electron chi connectivity index (χ0n) is 11.7. The van der Waals surface area contributed by atoms with E-state index < -0.39 is 27.2 Å². The fraction of sp³-hybridized carbons (Fsp3) is 0.333. The summed E-state index contributed by atoms with van der Waals surface area (Å²) in [4.78, 5) is 21.4. The first-order valence-electron chi connectivity index (χ1n) is 5.90. The fourth-order valence-electron chi connectivity index (χ4n) is 1.35. The SMILES string of the molecule is COC(=O)COc1ccc(COC(=N)C(Cl)(Cl)Cl)cc1[N+](=O)[O-]. The molecule has 8 nitrogen and oxygen atoms in total. The maximum Gasteiger partial charge on any atom is 0.343 e. The molecule has 0 amide bonds. The zero-order chi connectivity index (χ0) is 17.6. The summed E-state index contributed by atoms with van der Waals surface area (Å²) in [6, 6.07) is 3.91. The van der Waals surface area contributed by atoms with Gasteiger partial charge in [0.2, 0.25) is 5.90 Å². The van der Waals surface area contributed by atoms with E-state index >= 15 is 0 Å². The summed E-state index contributed by atoms with van der Waals surface area (Å²) in [6.07, 6.45) is 0. The molecule has 11 heteroatoms. The molecule has 0 aliphatic rings. The number of ether oxygens (including phenoxy) is 3. The number of esters is 1. The Balaban J connectivity index is 2.85. The highest BCUT2D eigenvalue weighted by Crippen LogP contribution is 2.30. The molecule has 1 aromatic rings. The van der Waals surface area contributed by atoms with Gasteiger partial charge >= 0.3 is 11.7 Å². The van der Waals surface area contributed by atoms with Gasteiger partial charge in [0, 0.05) is 6.07 Å². The van der Waals surface area contributed by atoms with Gasteiger partial charge in [-0.3, -0.25) is 15.5 Å². The summed E-state index contributed by atoms with van der Waals surface area (Å²) < 4.78 is 12.3. The topological polar surface area (TPSA) is 112 Å². The van der Waals surface area contributed by atoms with Crippen molar-refractivity contribution in [3.63, 3.8) is 0 Å². The highest BCUT2D eigenvalue weighted by Gasteiger charge is 2.28. The molecule has 23 heavy (non-hydrogen) atoms. The second-order valence-electron chi connectivity index (χ2n) is 4.04. The smallest absolute Gasteiger partial charge is 0.343 e. The molecule has 0 saturated heterocycles. The summed E-state index contributed by atoms with van der Waals surface area (Å²) in [5.74, 6) is -1.40. The molecule has 1 rings (SSSR count). The molecular formula is C12H11Cl3N2O6. The number of nitrogens with zero attached hydrogens (tertiary/aromatic N) is 1. The van der Waals surface area contributed by atoms with Crippen molar-refractivity contribution in [2.45, 2.75) is 10.4 Å². The van der Waals surface area contributed by atoms with E-state index in [-0.39, 0.29) is 18.0 Å². The van der Waals surface area contributed by atoms with Crippen molar-refractivity contribution in [3.8, 4) is 5.75 Å². The third-order valence-electron chi connectivity index (χ3n) is 2.43. The van der Waals surface area contributed by atoms with Crippen LogP contribution in [0.1, 0.15) is 5.56 Å². The van der Waals surface area contributed by atoms with E-state index in [0.717, 1.165) is 6.07 Å². The highest BCUT2D eigenvalue weighted by atomic mass is 35.6. The summed E-state index contributed by atoms with van der Waals surface area (Å²) in [5.41, 5.74) is -0.0310. The van der Waals surface area contributed by atoms with Gasteiger partial charge in [-0.25, -0.2) is 4.79 Å². The molecule has 0 radical (unpaired) electrons. The second-order valence-corrected chi connectivity index (χ2v) is 6.32. The highest BCUT2D eigenvalue weighted by molar-refractivity contribution is 6.76. The average Bonchev–Trinajstić information content (AvgIpc) is 2.49. The molecule has 0 aliphatic heterocycles. The number of hydrogen-bond donors (Lipinski definition) is 1. The number of carbonyl (C=O) groups excluding carboxylic acids is 1. The van der Waals surface area contributed by atoms with Gasteiger partial charge < -0.3 is 14.2 Å². The minimum atomic E-state index is -2.02. The van der Waals surface area contributed by atoms with Gasteiger partial charge in [0.15, 0.2) is 12.4 Å². The first-order chi connectivity index (χ1) is 10.6. The Hall–Kier alpha value is -1.77. The van der Waals surface area contributed by atoms with Crippen molar-refractivity contribution in [2.24, 2.45) is 0 Å². The minimum absolute atomic E-state index is 0.111. The standard InChI is InChI=1S/C12H11Cl3N2O6/c1-21-10(18)6-22-9-3-2-7(4-8(9)17(19)20)5-23-11(16)12(13,14)15/h2-4,16H,5-6H2,1H3. The Kier molecular flexibility index (Phi) is 6.86. The van der Waals surface area contributed by atoms with E-state index in [2.05, 4.69) is 4.74 Å². The monoisotopic (exact) mass is 384 g/mol. The number of carbonyl (C=O) groups is 1. The van der Waals surface area contributed by atoms with Crippen molar-refractivity contribution < 1.29 is 23.9 Å². The molecule has 0 bridgehead atoms. The summed E-state index contributed by atoms with van der Waals surface area (Å²) >= 11 is 16.4. The van der Waals surface area contributed by atoms with E-state index in [1.54, 1.807) is 0 Å². The average molecular weight is 386 g/mol. The molecule has 0 unspecified atom stereocenters. The van der Waals surface area contributed by atoms with Gasteiger partial charge in [0.1, 0.15) is 6.61 Å². The van der Waals surface area contributed by atoms with Crippen molar-refractivity contribution in [1.29, 1.82) is 5.41 Å². The molecular weight excluding hydrogens is 374 g/mol. The van der Waals surface area contributed by atoms with E-state index in [0.29, 0.717) is 5.56 Å². The minimum Gasteiger partial charge on any atom is -0.475 e. The summed E-state index contributed by atoms with van der Waals surface area (Å²) in [7, 11) is 1.17. The largest absolute Gasteiger partial charge is 0.475 e. The summed E-state index contributed by atoms with van der Waals surface area (Å²) in [6.45, 7) is -0.685. The van der Waals surface area contributed by atoms with Crippen molar-refractivity contribution in [1.82, 2.24) is 0 Å². The van der Waals surface area contributed by atoms with E-state index in [1.807, 2.05) is 0 Å². The number of nitro groups is 1. The number of hydrogen-bond acceptors (Lipinski definition) is 7. The van der Waals surface area contributed by atoms with Crippen molar-refractivity contribution in [3.05, 3.63) is 33.9 Å². The van der Waals surface area contributed by atoms with E-state index in [9.17, 15) is 14.9 Å². The van der Waals surface area contributed by atoms with Crippen molar-refractivity contribution >= 4 is 52.4 Å². The number of nitro benzene ring substituents is 1. The Bertz CT molecular complexity index is 617. The molecule has 0 fully saturated rings. The van der Waals surface area contributed by atoms with Gasteiger partial charge in [-0.1, -0.05) is 40.9 Å². The van der Waals surface area contributed by atoms with Crippen molar-refractivity contribution in [2.75, 3.05) is 13.7 Å². The van der Waals surface area contributed by atoms with Gasteiger partial charge in [-0.2, -0.15) is 0 Å². The maximum atomic E-state index is 11.0. The Morgan fingerprint density at radius 2 is 2.04 bits per heavy atom. The van der Waals surface area contributed by atoms with Crippen LogP contribution in [0.3, 0.4) is 0 Å². The van der Waals surface area contributed by atoms with Crippen LogP contribution >= 0.6 is 34.8 Å². The third-order valence-corrected chi connectivity index (χ3v) is 2.95. The normalized spacial score (nSPS) is 10.8. The van der Waals surface area contributed by atoms with Crippen LogP contribution in [0.2, 0.25) is 0 Å². The lowest BCUT2D eigenvalue weighted by molar-refractivity contribution is -0.385. The van der Waals surface area contributed by atoms with Crippen LogP contribution in [0.5, 0.6) is 5.75 Å². The molecule has 0 aromatic heterocycles. The van der Waals surface area contributed by atoms with E-state index in [4.69, 9.17) is 49.7 Å². The number of alkyl halides is 3. The number of benzene rings is 1. The predicted octanol–water partition coefficient (Wildman–Crippen LogP) is 3.01. The van der Waals surface area contributed by atoms with Crippen LogP contribution in [-0.2, 0) is 20.9 Å². The predicted molar refractivity (Wildman–Crippen MR) is 83.4 cm³/mol. The van der Waals surface area contributed by atoms with Crippen LogP contribution in [0.25, 0.3) is 0 Å². The first-order valence-corrected chi connectivity index (χ1v) is 7.04. The Morgan fingerprint density at radius 3 is 2.57 bits per heavy atom. The number of halogens is 3. The van der Waals surface area contributed by atoms with Crippen LogP contribution < -0.4 is 4.74 Å². The molecule has 1 N–H and O–H groups in total.